The molecule has 0 spiro atoms. The van der Waals surface area contributed by atoms with Gasteiger partial charge in [0.2, 0.25) is 0 Å². The fraction of sp³-hybridized carbons (Fsp3) is 0.286. The minimum absolute atomic E-state index is 0.0946. The van der Waals surface area contributed by atoms with Crippen molar-refractivity contribution in [3.63, 3.8) is 0 Å². The molecule has 0 bridgehead atoms. The zero-order valence-corrected chi connectivity index (χ0v) is 10.8. The van der Waals surface area contributed by atoms with Gasteiger partial charge in [0.05, 0.1) is 0 Å². The highest BCUT2D eigenvalue weighted by Gasteiger charge is 2.17. The van der Waals surface area contributed by atoms with Crippen LogP contribution in [0.15, 0.2) is 35.7 Å². The minimum Gasteiger partial charge on any atom is -0.398 e. The maximum absolute atomic E-state index is 6.03. The molecule has 1 nitrogen and oxygen atoms in total. The van der Waals surface area contributed by atoms with Crippen LogP contribution >= 0.6 is 11.3 Å². The van der Waals surface area contributed by atoms with Gasteiger partial charge in [0, 0.05) is 10.6 Å². The number of hydrogen-bond donors (Lipinski definition) is 1. The molecule has 0 amide bonds. The lowest BCUT2D eigenvalue weighted by Gasteiger charge is -2.22. The molecule has 0 aliphatic rings. The fourth-order valence-electron chi connectivity index (χ4n) is 1.80. The van der Waals surface area contributed by atoms with E-state index in [-0.39, 0.29) is 5.41 Å². The van der Waals surface area contributed by atoms with Crippen molar-refractivity contribution < 1.29 is 0 Å². The smallest absolute Gasteiger partial charge is 0.0352 e. The third kappa shape index (κ3) is 2.12. The van der Waals surface area contributed by atoms with Crippen molar-refractivity contribution >= 4 is 17.0 Å². The molecular weight excluding hydrogens is 214 g/mol. The monoisotopic (exact) mass is 231 g/mol. The summed E-state index contributed by atoms with van der Waals surface area (Å²) >= 11 is 1.76. The van der Waals surface area contributed by atoms with E-state index in [9.17, 15) is 0 Å². The largest absolute Gasteiger partial charge is 0.398 e. The molecule has 0 radical (unpaired) electrons. The number of benzene rings is 1. The Kier molecular flexibility index (Phi) is 2.76. The number of nitrogen functional groups attached to an aromatic ring is 1. The number of hydrogen-bond acceptors (Lipinski definition) is 2. The van der Waals surface area contributed by atoms with Crippen LogP contribution in [0.2, 0.25) is 0 Å². The van der Waals surface area contributed by atoms with Crippen LogP contribution < -0.4 is 5.73 Å². The van der Waals surface area contributed by atoms with Gasteiger partial charge in [-0.1, -0.05) is 32.9 Å². The highest BCUT2D eigenvalue weighted by Crippen LogP contribution is 2.33. The van der Waals surface area contributed by atoms with Crippen molar-refractivity contribution in [2.75, 3.05) is 5.73 Å². The predicted octanol–water partition coefficient (Wildman–Crippen LogP) is 4.29. The normalized spacial score (nSPS) is 11.7. The van der Waals surface area contributed by atoms with Gasteiger partial charge in [-0.3, -0.25) is 0 Å². The van der Waals surface area contributed by atoms with Crippen molar-refractivity contribution in [2.24, 2.45) is 0 Å². The second kappa shape index (κ2) is 3.95. The van der Waals surface area contributed by atoms with E-state index in [1.807, 2.05) is 6.07 Å². The number of rotatable bonds is 1. The minimum atomic E-state index is 0.0946. The Hall–Kier alpha value is -1.28. The lowest BCUT2D eigenvalue weighted by molar-refractivity contribution is 0.593. The van der Waals surface area contributed by atoms with Gasteiger partial charge in [-0.25, -0.2) is 0 Å². The predicted molar refractivity (Wildman–Crippen MR) is 72.9 cm³/mol. The van der Waals surface area contributed by atoms with Gasteiger partial charge in [-0.15, -0.1) is 11.3 Å². The van der Waals surface area contributed by atoms with Gasteiger partial charge in [-0.2, -0.15) is 0 Å². The van der Waals surface area contributed by atoms with E-state index >= 15 is 0 Å². The third-order valence-electron chi connectivity index (χ3n) is 2.67. The quantitative estimate of drug-likeness (QED) is 0.728. The molecule has 0 fully saturated rings. The third-order valence-corrected chi connectivity index (χ3v) is 3.59. The van der Waals surface area contributed by atoms with E-state index in [2.05, 4.69) is 50.4 Å². The molecule has 2 heteroatoms. The number of anilines is 1. The van der Waals surface area contributed by atoms with Crippen molar-refractivity contribution in [1.29, 1.82) is 0 Å². The zero-order valence-electron chi connectivity index (χ0n) is 9.95. The Balaban J connectivity index is 2.52. The molecule has 0 aliphatic carbocycles. The molecule has 84 valence electrons. The highest BCUT2D eigenvalue weighted by atomic mass is 32.1. The Morgan fingerprint density at radius 3 is 2.44 bits per heavy atom. The summed E-state index contributed by atoms with van der Waals surface area (Å²) in [4.78, 5) is 1.30. The van der Waals surface area contributed by atoms with Crippen molar-refractivity contribution in [2.45, 2.75) is 26.2 Å². The first-order chi connectivity index (χ1) is 7.48. The Bertz CT molecular complexity index is 478. The van der Waals surface area contributed by atoms with Gasteiger partial charge in [0.1, 0.15) is 0 Å². The summed E-state index contributed by atoms with van der Waals surface area (Å²) in [5.74, 6) is 0. The van der Waals surface area contributed by atoms with Crippen LogP contribution in [-0.2, 0) is 5.41 Å². The van der Waals surface area contributed by atoms with E-state index in [0.29, 0.717) is 0 Å². The van der Waals surface area contributed by atoms with E-state index < -0.39 is 0 Å². The lowest BCUT2D eigenvalue weighted by atomic mass is 9.85. The molecular formula is C14H17NS. The lowest BCUT2D eigenvalue weighted by Crippen LogP contribution is -2.13. The molecule has 0 atom stereocenters. The van der Waals surface area contributed by atoms with Gasteiger partial charge in [0.25, 0.3) is 0 Å². The van der Waals surface area contributed by atoms with Crippen LogP contribution in [0.3, 0.4) is 0 Å². The van der Waals surface area contributed by atoms with Crippen molar-refractivity contribution in [3.8, 4) is 10.4 Å². The topological polar surface area (TPSA) is 26.0 Å². The van der Waals surface area contributed by atoms with E-state index in [0.717, 1.165) is 5.69 Å². The Morgan fingerprint density at radius 1 is 1.12 bits per heavy atom. The molecule has 2 aromatic rings. The second-order valence-electron chi connectivity index (χ2n) is 5.03. The SMILES string of the molecule is CC(C)(C)c1cc(-c2cccs2)ccc1N. The zero-order chi connectivity index (χ0) is 11.8. The van der Waals surface area contributed by atoms with E-state index in [1.165, 1.54) is 16.0 Å². The first-order valence-electron chi connectivity index (χ1n) is 5.42. The van der Waals surface area contributed by atoms with Gasteiger partial charge in [-0.05, 0) is 40.1 Å². The Morgan fingerprint density at radius 2 is 1.88 bits per heavy atom. The first-order valence-corrected chi connectivity index (χ1v) is 6.30. The van der Waals surface area contributed by atoms with Gasteiger partial charge >= 0.3 is 0 Å². The summed E-state index contributed by atoms with van der Waals surface area (Å²) in [6.07, 6.45) is 0. The summed E-state index contributed by atoms with van der Waals surface area (Å²) in [6, 6.07) is 10.5. The summed E-state index contributed by atoms with van der Waals surface area (Å²) in [5, 5.41) is 2.10. The van der Waals surface area contributed by atoms with Gasteiger partial charge in [0.15, 0.2) is 0 Å². The summed E-state index contributed by atoms with van der Waals surface area (Å²) in [7, 11) is 0. The van der Waals surface area contributed by atoms with Crippen LogP contribution in [0.25, 0.3) is 10.4 Å². The maximum atomic E-state index is 6.03. The van der Waals surface area contributed by atoms with E-state index in [4.69, 9.17) is 5.73 Å². The van der Waals surface area contributed by atoms with E-state index in [1.54, 1.807) is 11.3 Å². The molecule has 2 N–H and O–H groups in total. The second-order valence-corrected chi connectivity index (χ2v) is 5.98. The van der Waals surface area contributed by atoms with Crippen LogP contribution in [0.4, 0.5) is 5.69 Å². The number of thiophene rings is 1. The Labute approximate surface area is 101 Å². The molecule has 1 aromatic heterocycles. The van der Waals surface area contributed by atoms with Crippen LogP contribution in [-0.4, -0.2) is 0 Å². The molecule has 0 unspecified atom stereocenters. The molecule has 0 saturated carbocycles. The highest BCUT2D eigenvalue weighted by molar-refractivity contribution is 7.13. The maximum Gasteiger partial charge on any atom is 0.0352 e. The van der Waals surface area contributed by atoms with Crippen LogP contribution in [0.1, 0.15) is 26.3 Å². The molecule has 0 aliphatic heterocycles. The number of nitrogens with two attached hydrogens (primary N) is 1. The standard InChI is InChI=1S/C14H17NS/c1-14(2,3)11-9-10(6-7-12(11)15)13-5-4-8-16-13/h4-9H,15H2,1-3H3. The molecule has 16 heavy (non-hydrogen) atoms. The van der Waals surface area contributed by atoms with Crippen molar-refractivity contribution in [1.82, 2.24) is 0 Å². The molecule has 1 aromatic carbocycles. The molecule has 2 rings (SSSR count). The average Bonchev–Trinajstić information content (AvgIpc) is 2.69. The van der Waals surface area contributed by atoms with Crippen molar-refractivity contribution in [3.05, 3.63) is 41.3 Å². The summed E-state index contributed by atoms with van der Waals surface area (Å²) in [5.41, 5.74) is 9.49. The first kappa shape index (κ1) is 11.2. The fourth-order valence-corrected chi connectivity index (χ4v) is 2.53. The van der Waals surface area contributed by atoms with Crippen LogP contribution in [0.5, 0.6) is 0 Å². The van der Waals surface area contributed by atoms with Crippen LogP contribution in [0, 0.1) is 0 Å². The van der Waals surface area contributed by atoms with Gasteiger partial charge < -0.3 is 5.73 Å². The molecule has 1 heterocycles. The average molecular weight is 231 g/mol. The summed E-state index contributed by atoms with van der Waals surface area (Å²) in [6.45, 7) is 6.57. The summed E-state index contributed by atoms with van der Waals surface area (Å²) < 4.78 is 0. The molecule has 0 saturated heterocycles.